The number of benzene rings is 1. The summed E-state index contributed by atoms with van der Waals surface area (Å²) in [6, 6.07) is 8.38. The quantitative estimate of drug-likeness (QED) is 0.578. The number of fused-ring (bicyclic) bond motifs is 3. The van der Waals surface area contributed by atoms with Gasteiger partial charge in [-0.05, 0) is 36.8 Å². The number of esters is 2. The molecule has 0 heterocycles. The molecule has 3 aliphatic carbocycles. The molecule has 2 fully saturated rings. The van der Waals surface area contributed by atoms with E-state index in [1.165, 1.54) is 18.2 Å². The molecule has 104 valence electrons. The second kappa shape index (κ2) is 3.62. The summed E-state index contributed by atoms with van der Waals surface area (Å²) in [6.45, 7) is 0. The zero-order chi connectivity index (χ0) is 14.0. The molecule has 0 saturated heterocycles. The monoisotopic (exact) mass is 272 g/mol. The van der Waals surface area contributed by atoms with Crippen LogP contribution in [0.4, 0.5) is 0 Å². The van der Waals surface area contributed by atoms with Crippen molar-refractivity contribution in [3.8, 4) is 0 Å². The lowest BCUT2D eigenvalue weighted by Gasteiger charge is -2.24. The molecule has 0 unspecified atom stereocenters. The summed E-state index contributed by atoms with van der Waals surface area (Å²) in [6.07, 6.45) is 3.94. The number of ether oxygens (including phenoxy) is 2. The largest absolute Gasteiger partial charge is 0.461 e. The van der Waals surface area contributed by atoms with Gasteiger partial charge in [-0.25, -0.2) is 9.59 Å². The zero-order valence-electron chi connectivity index (χ0n) is 11.3. The molecule has 4 heteroatoms. The van der Waals surface area contributed by atoms with Gasteiger partial charge in [0, 0.05) is 10.8 Å². The molecule has 0 amide bonds. The maximum atomic E-state index is 11.8. The summed E-state index contributed by atoms with van der Waals surface area (Å²) in [5, 5.41) is 0. The average Bonchev–Trinajstić information content (AvgIpc) is 3.37. The van der Waals surface area contributed by atoms with E-state index in [2.05, 4.69) is 16.9 Å². The van der Waals surface area contributed by atoms with Gasteiger partial charge in [0.05, 0.1) is 7.11 Å². The highest BCUT2D eigenvalue weighted by atomic mass is 16.6. The van der Waals surface area contributed by atoms with E-state index >= 15 is 0 Å². The van der Waals surface area contributed by atoms with Crippen LogP contribution in [0, 0.1) is 0 Å². The fraction of sp³-hybridized carbons (Fsp3) is 0.500. The normalized spacial score (nSPS) is 23.4. The van der Waals surface area contributed by atoms with Crippen LogP contribution < -0.4 is 0 Å². The second-order valence-corrected chi connectivity index (χ2v) is 6.13. The third kappa shape index (κ3) is 1.31. The van der Waals surface area contributed by atoms with Gasteiger partial charge in [0.15, 0.2) is 0 Å². The van der Waals surface area contributed by atoms with Gasteiger partial charge in [-0.1, -0.05) is 24.3 Å². The number of hydrogen-bond donors (Lipinski definition) is 0. The fourth-order valence-electron chi connectivity index (χ4n) is 3.96. The summed E-state index contributed by atoms with van der Waals surface area (Å²) in [4.78, 5) is 23.2. The SMILES string of the molecule is COC(=O)C(=O)OC1C2(CC2)c2ccccc2C12CC2. The average molecular weight is 272 g/mol. The molecule has 4 rings (SSSR count). The molecule has 0 radical (unpaired) electrons. The van der Waals surface area contributed by atoms with Gasteiger partial charge in [0.1, 0.15) is 6.10 Å². The molecule has 1 aromatic carbocycles. The highest BCUT2D eigenvalue weighted by Crippen LogP contribution is 2.70. The van der Waals surface area contributed by atoms with Crippen LogP contribution in [0.25, 0.3) is 0 Å². The number of carbonyl (C=O) groups excluding carboxylic acids is 2. The van der Waals surface area contributed by atoms with Crippen molar-refractivity contribution in [2.75, 3.05) is 7.11 Å². The summed E-state index contributed by atoms with van der Waals surface area (Å²) < 4.78 is 10.1. The minimum atomic E-state index is -0.910. The van der Waals surface area contributed by atoms with Gasteiger partial charge in [0.2, 0.25) is 0 Å². The molecule has 4 nitrogen and oxygen atoms in total. The molecule has 0 bridgehead atoms. The molecule has 0 N–H and O–H groups in total. The Morgan fingerprint density at radius 1 is 1.00 bits per heavy atom. The predicted octanol–water partition coefficient (Wildman–Crippen LogP) is 1.85. The molecule has 2 spiro atoms. The maximum Gasteiger partial charge on any atom is 0.417 e. The molecule has 3 aliphatic rings. The molecule has 0 aliphatic heterocycles. The first kappa shape index (κ1) is 11.9. The number of methoxy groups -OCH3 is 1. The van der Waals surface area contributed by atoms with E-state index < -0.39 is 11.9 Å². The number of carbonyl (C=O) groups is 2. The number of hydrogen-bond acceptors (Lipinski definition) is 4. The van der Waals surface area contributed by atoms with Crippen molar-refractivity contribution in [3.05, 3.63) is 35.4 Å². The van der Waals surface area contributed by atoms with Crippen molar-refractivity contribution in [2.24, 2.45) is 0 Å². The zero-order valence-corrected chi connectivity index (χ0v) is 11.3. The smallest absolute Gasteiger partial charge is 0.417 e. The first-order valence-corrected chi connectivity index (χ1v) is 7.03. The molecule has 0 aromatic heterocycles. The Hall–Kier alpha value is -1.84. The van der Waals surface area contributed by atoms with Gasteiger partial charge in [0.25, 0.3) is 0 Å². The lowest BCUT2D eigenvalue weighted by atomic mass is 9.92. The van der Waals surface area contributed by atoms with Crippen LogP contribution >= 0.6 is 0 Å². The third-order valence-electron chi connectivity index (χ3n) is 5.16. The van der Waals surface area contributed by atoms with Gasteiger partial charge >= 0.3 is 11.9 Å². The molecule has 2 saturated carbocycles. The topological polar surface area (TPSA) is 52.6 Å². The Morgan fingerprint density at radius 3 is 1.90 bits per heavy atom. The summed E-state index contributed by atoms with van der Waals surface area (Å²) in [5.74, 6) is -1.77. The standard InChI is InChI=1S/C16H16O4/c1-19-12(17)13(18)20-14-15(6-7-15)10-4-2-3-5-11(10)16(14)8-9-16/h2-5,14H,6-9H2,1H3. The van der Waals surface area contributed by atoms with Gasteiger partial charge in [-0.15, -0.1) is 0 Å². The minimum Gasteiger partial charge on any atom is -0.461 e. The molecular formula is C16H16O4. The van der Waals surface area contributed by atoms with Crippen LogP contribution in [0.1, 0.15) is 36.8 Å². The van der Waals surface area contributed by atoms with E-state index in [9.17, 15) is 9.59 Å². The van der Waals surface area contributed by atoms with Crippen LogP contribution in [0.2, 0.25) is 0 Å². The van der Waals surface area contributed by atoms with E-state index in [1.807, 2.05) is 12.1 Å². The lowest BCUT2D eigenvalue weighted by molar-refractivity contribution is -0.171. The van der Waals surface area contributed by atoms with Crippen molar-refractivity contribution < 1.29 is 19.1 Å². The van der Waals surface area contributed by atoms with Crippen molar-refractivity contribution in [3.63, 3.8) is 0 Å². The molecular weight excluding hydrogens is 256 g/mol. The summed E-state index contributed by atoms with van der Waals surface area (Å²) >= 11 is 0. The Kier molecular flexibility index (Phi) is 2.16. The Balaban J connectivity index is 1.72. The molecule has 20 heavy (non-hydrogen) atoms. The van der Waals surface area contributed by atoms with E-state index in [1.54, 1.807) is 0 Å². The Bertz CT molecular complexity index is 572. The van der Waals surface area contributed by atoms with Gasteiger partial charge < -0.3 is 9.47 Å². The third-order valence-corrected chi connectivity index (χ3v) is 5.16. The predicted molar refractivity (Wildman–Crippen MR) is 70.2 cm³/mol. The highest BCUT2D eigenvalue weighted by Gasteiger charge is 2.71. The summed E-state index contributed by atoms with van der Waals surface area (Å²) in [7, 11) is 1.20. The Morgan fingerprint density at radius 2 is 1.50 bits per heavy atom. The minimum absolute atomic E-state index is 0.0449. The lowest BCUT2D eigenvalue weighted by Crippen LogP contribution is -2.37. The summed E-state index contributed by atoms with van der Waals surface area (Å²) in [5.41, 5.74) is 2.55. The van der Waals surface area contributed by atoms with E-state index in [-0.39, 0.29) is 16.9 Å². The Labute approximate surface area is 117 Å². The fourth-order valence-corrected chi connectivity index (χ4v) is 3.96. The van der Waals surface area contributed by atoms with Crippen LogP contribution in [0.5, 0.6) is 0 Å². The number of rotatable bonds is 1. The van der Waals surface area contributed by atoms with Crippen molar-refractivity contribution in [1.29, 1.82) is 0 Å². The van der Waals surface area contributed by atoms with Gasteiger partial charge in [-0.3, -0.25) is 0 Å². The van der Waals surface area contributed by atoms with E-state index in [4.69, 9.17) is 4.74 Å². The second-order valence-electron chi connectivity index (χ2n) is 6.13. The van der Waals surface area contributed by atoms with Crippen molar-refractivity contribution >= 4 is 11.9 Å². The van der Waals surface area contributed by atoms with Crippen LogP contribution in [-0.4, -0.2) is 25.2 Å². The maximum absolute atomic E-state index is 11.8. The molecule has 1 aromatic rings. The highest BCUT2D eigenvalue weighted by molar-refractivity contribution is 6.29. The van der Waals surface area contributed by atoms with E-state index in [0.29, 0.717) is 0 Å². The first-order chi connectivity index (χ1) is 9.64. The van der Waals surface area contributed by atoms with Crippen molar-refractivity contribution in [2.45, 2.75) is 42.6 Å². The van der Waals surface area contributed by atoms with Crippen LogP contribution in [0.3, 0.4) is 0 Å². The van der Waals surface area contributed by atoms with Crippen LogP contribution in [0.15, 0.2) is 24.3 Å². The van der Waals surface area contributed by atoms with E-state index in [0.717, 1.165) is 25.7 Å². The van der Waals surface area contributed by atoms with Crippen molar-refractivity contribution in [1.82, 2.24) is 0 Å². The van der Waals surface area contributed by atoms with Gasteiger partial charge in [-0.2, -0.15) is 0 Å². The van der Waals surface area contributed by atoms with Crippen LogP contribution in [-0.2, 0) is 29.9 Å². The first-order valence-electron chi connectivity index (χ1n) is 7.03. The molecule has 0 atom stereocenters.